The fourth-order valence-corrected chi connectivity index (χ4v) is 6.01. The fraction of sp³-hybridized carbons (Fsp3) is 0.458. The Balaban J connectivity index is 1.54. The van der Waals surface area contributed by atoms with Gasteiger partial charge in [-0.2, -0.15) is 4.31 Å². The summed E-state index contributed by atoms with van der Waals surface area (Å²) in [5.41, 5.74) is 1.64. The maximum Gasteiger partial charge on any atom is 0.254 e. The number of likely N-dealkylation sites (N-methyl/N-ethyl adjacent to an activating group) is 1. The summed E-state index contributed by atoms with van der Waals surface area (Å²) in [6, 6.07) is 16.5. The molecule has 1 unspecified atom stereocenters. The maximum absolute atomic E-state index is 13.3. The van der Waals surface area contributed by atoms with E-state index in [0.29, 0.717) is 25.2 Å². The van der Waals surface area contributed by atoms with E-state index in [2.05, 4.69) is 24.1 Å². The molecular weight excluding hydrogens is 410 g/mol. The maximum atomic E-state index is 13.3. The van der Waals surface area contributed by atoms with E-state index in [0.717, 1.165) is 44.3 Å². The summed E-state index contributed by atoms with van der Waals surface area (Å²) in [4.78, 5) is 17.8. The largest absolute Gasteiger partial charge is 0.329 e. The van der Waals surface area contributed by atoms with E-state index in [1.807, 2.05) is 23.1 Å². The average Bonchev–Trinajstić information content (AvgIpc) is 3.10. The first kappa shape index (κ1) is 22.0. The molecule has 2 fully saturated rings. The van der Waals surface area contributed by atoms with Crippen LogP contribution in [0.4, 0.5) is 0 Å². The third kappa shape index (κ3) is 4.84. The molecule has 2 saturated heterocycles. The molecule has 2 aliphatic rings. The van der Waals surface area contributed by atoms with Gasteiger partial charge in [0, 0.05) is 38.3 Å². The molecule has 6 nitrogen and oxygen atoms in total. The molecule has 31 heavy (non-hydrogen) atoms. The third-order valence-corrected chi connectivity index (χ3v) is 8.25. The quantitative estimate of drug-likeness (QED) is 0.730. The lowest BCUT2D eigenvalue weighted by Crippen LogP contribution is -2.49. The lowest BCUT2D eigenvalue weighted by molar-refractivity contribution is 0.0498. The molecule has 0 aromatic heterocycles. The SMILES string of the molecule is CN1CCN(C(=O)c2ccc(S(=O)(=O)N3CCCCCC3)cc2)C(c2ccccc2)C1. The Labute approximate surface area is 185 Å². The minimum atomic E-state index is -3.51. The molecular formula is C24H31N3O3S. The van der Waals surface area contributed by atoms with E-state index >= 15 is 0 Å². The van der Waals surface area contributed by atoms with Gasteiger partial charge < -0.3 is 9.80 Å². The van der Waals surface area contributed by atoms with Gasteiger partial charge in [0.15, 0.2) is 0 Å². The van der Waals surface area contributed by atoms with Crippen LogP contribution in [0.1, 0.15) is 47.6 Å². The molecule has 0 aliphatic carbocycles. The minimum Gasteiger partial charge on any atom is -0.329 e. The number of hydrogen-bond donors (Lipinski definition) is 0. The smallest absolute Gasteiger partial charge is 0.254 e. The minimum absolute atomic E-state index is 0.0204. The van der Waals surface area contributed by atoms with Crippen molar-refractivity contribution < 1.29 is 13.2 Å². The number of carbonyl (C=O) groups is 1. The van der Waals surface area contributed by atoms with Gasteiger partial charge in [-0.1, -0.05) is 43.2 Å². The topological polar surface area (TPSA) is 60.9 Å². The molecule has 1 amide bonds. The molecule has 0 N–H and O–H groups in total. The van der Waals surface area contributed by atoms with Gasteiger partial charge in [-0.25, -0.2) is 8.42 Å². The Morgan fingerprint density at radius 3 is 2.13 bits per heavy atom. The van der Waals surface area contributed by atoms with Gasteiger partial charge in [0.25, 0.3) is 5.91 Å². The second-order valence-corrected chi connectivity index (χ2v) is 10.5. The highest BCUT2D eigenvalue weighted by Gasteiger charge is 2.31. The zero-order valence-electron chi connectivity index (χ0n) is 18.1. The molecule has 7 heteroatoms. The average molecular weight is 442 g/mol. The standard InChI is InChI=1S/C24H31N3O3S/c1-25-17-18-27(23(19-25)20-9-5-4-6-10-20)24(28)21-11-13-22(14-12-21)31(29,30)26-15-7-2-3-8-16-26/h4-6,9-14,23H,2-3,7-8,15-19H2,1H3. The summed E-state index contributed by atoms with van der Waals surface area (Å²) < 4.78 is 27.6. The van der Waals surface area contributed by atoms with Gasteiger partial charge >= 0.3 is 0 Å². The highest BCUT2D eigenvalue weighted by atomic mass is 32.2. The molecule has 2 aromatic rings. The lowest BCUT2D eigenvalue weighted by Gasteiger charge is -2.40. The zero-order valence-corrected chi connectivity index (χ0v) is 18.9. The van der Waals surface area contributed by atoms with Crippen LogP contribution in [-0.4, -0.2) is 68.2 Å². The number of nitrogens with zero attached hydrogens (tertiary/aromatic N) is 3. The molecule has 2 heterocycles. The number of benzene rings is 2. The van der Waals surface area contributed by atoms with Crippen molar-refractivity contribution in [3.05, 3.63) is 65.7 Å². The van der Waals surface area contributed by atoms with Gasteiger partial charge in [0.2, 0.25) is 10.0 Å². The molecule has 0 saturated carbocycles. The summed E-state index contributed by atoms with van der Waals surface area (Å²) in [6.45, 7) is 3.38. The highest BCUT2D eigenvalue weighted by molar-refractivity contribution is 7.89. The molecule has 2 aliphatic heterocycles. The van der Waals surface area contributed by atoms with Gasteiger partial charge in [-0.3, -0.25) is 4.79 Å². The zero-order chi connectivity index (χ0) is 21.8. The van der Waals surface area contributed by atoms with Crippen LogP contribution in [0.25, 0.3) is 0 Å². The van der Waals surface area contributed by atoms with Gasteiger partial charge in [0.1, 0.15) is 0 Å². The number of amides is 1. The van der Waals surface area contributed by atoms with E-state index < -0.39 is 10.0 Å². The number of carbonyl (C=O) groups excluding carboxylic acids is 1. The molecule has 0 bridgehead atoms. The van der Waals surface area contributed by atoms with Crippen molar-refractivity contribution in [3.63, 3.8) is 0 Å². The number of piperazine rings is 1. The van der Waals surface area contributed by atoms with Crippen LogP contribution in [-0.2, 0) is 10.0 Å². The van der Waals surface area contributed by atoms with Crippen molar-refractivity contribution in [2.24, 2.45) is 0 Å². The van der Waals surface area contributed by atoms with Crippen LogP contribution in [0.2, 0.25) is 0 Å². The Kier molecular flexibility index (Phi) is 6.74. The van der Waals surface area contributed by atoms with Crippen molar-refractivity contribution in [2.75, 3.05) is 39.8 Å². The van der Waals surface area contributed by atoms with Gasteiger partial charge in [-0.05, 0) is 49.7 Å². The van der Waals surface area contributed by atoms with E-state index in [4.69, 9.17) is 0 Å². The van der Waals surface area contributed by atoms with Crippen molar-refractivity contribution in [2.45, 2.75) is 36.6 Å². The molecule has 2 aromatic carbocycles. The molecule has 1 atom stereocenters. The summed E-state index contributed by atoms with van der Waals surface area (Å²) in [6.07, 6.45) is 3.96. The van der Waals surface area contributed by atoms with Crippen LogP contribution < -0.4 is 0 Å². The van der Waals surface area contributed by atoms with Crippen LogP contribution >= 0.6 is 0 Å². The summed E-state index contributed by atoms with van der Waals surface area (Å²) in [7, 11) is -1.44. The Morgan fingerprint density at radius 2 is 1.48 bits per heavy atom. The van der Waals surface area contributed by atoms with Crippen LogP contribution in [0.15, 0.2) is 59.5 Å². The fourth-order valence-electron chi connectivity index (χ4n) is 4.49. The molecule has 0 spiro atoms. The van der Waals surface area contributed by atoms with Crippen molar-refractivity contribution in [1.82, 2.24) is 14.1 Å². The number of sulfonamides is 1. The number of hydrogen-bond acceptors (Lipinski definition) is 4. The van der Waals surface area contributed by atoms with Gasteiger partial charge in [0.05, 0.1) is 10.9 Å². The predicted octanol–water partition coefficient (Wildman–Crippen LogP) is 3.38. The van der Waals surface area contributed by atoms with E-state index in [1.165, 1.54) is 0 Å². The summed E-state index contributed by atoms with van der Waals surface area (Å²) in [5, 5.41) is 0. The highest BCUT2D eigenvalue weighted by Crippen LogP contribution is 2.27. The van der Waals surface area contributed by atoms with E-state index in [-0.39, 0.29) is 16.8 Å². The first-order valence-electron chi connectivity index (χ1n) is 11.1. The van der Waals surface area contributed by atoms with Crippen molar-refractivity contribution >= 4 is 15.9 Å². The number of rotatable bonds is 4. The Morgan fingerprint density at radius 1 is 0.839 bits per heavy atom. The molecule has 0 radical (unpaired) electrons. The summed E-state index contributed by atoms with van der Waals surface area (Å²) in [5.74, 6) is -0.0549. The first-order valence-corrected chi connectivity index (χ1v) is 12.6. The van der Waals surface area contributed by atoms with Gasteiger partial charge in [-0.15, -0.1) is 0 Å². The first-order chi connectivity index (χ1) is 15.0. The second kappa shape index (κ2) is 9.51. The predicted molar refractivity (Wildman–Crippen MR) is 121 cm³/mol. The van der Waals surface area contributed by atoms with Crippen molar-refractivity contribution in [3.8, 4) is 0 Å². The monoisotopic (exact) mass is 441 g/mol. The van der Waals surface area contributed by atoms with E-state index in [9.17, 15) is 13.2 Å². The molecule has 166 valence electrons. The normalized spacial score (nSPS) is 21.6. The third-order valence-electron chi connectivity index (χ3n) is 6.33. The lowest BCUT2D eigenvalue weighted by atomic mass is 10.0. The van der Waals surface area contributed by atoms with Crippen molar-refractivity contribution in [1.29, 1.82) is 0 Å². The Hall–Kier alpha value is -2.22. The van der Waals surface area contributed by atoms with Crippen LogP contribution in [0, 0.1) is 0 Å². The molecule has 4 rings (SSSR count). The second-order valence-electron chi connectivity index (χ2n) is 8.53. The van der Waals surface area contributed by atoms with Crippen LogP contribution in [0.3, 0.4) is 0 Å². The van der Waals surface area contributed by atoms with E-state index in [1.54, 1.807) is 28.6 Å². The van der Waals surface area contributed by atoms with Crippen LogP contribution in [0.5, 0.6) is 0 Å². The summed E-state index contributed by atoms with van der Waals surface area (Å²) >= 11 is 0. The Bertz CT molecular complexity index is 984.